The van der Waals surface area contributed by atoms with E-state index >= 15 is 0 Å². The van der Waals surface area contributed by atoms with Gasteiger partial charge < -0.3 is 4.74 Å². The van der Waals surface area contributed by atoms with Crippen LogP contribution in [0.25, 0.3) is 0 Å². The molecule has 0 N–H and O–H groups in total. The monoisotopic (exact) mass is 217 g/mol. The summed E-state index contributed by atoms with van der Waals surface area (Å²) in [4.78, 5) is 0. The van der Waals surface area contributed by atoms with Crippen molar-refractivity contribution in [3.05, 3.63) is 29.8 Å². The number of para-hydroxylation sites is 1. The Bertz CT molecular complexity index is 341. The van der Waals surface area contributed by atoms with Crippen molar-refractivity contribution in [1.29, 1.82) is 5.26 Å². The van der Waals surface area contributed by atoms with Crippen LogP contribution in [0.2, 0.25) is 0 Å². The summed E-state index contributed by atoms with van der Waals surface area (Å²) in [5, 5.41) is 8.42. The van der Waals surface area contributed by atoms with E-state index in [-0.39, 0.29) is 5.56 Å². The number of rotatable bonds is 1. The Hall–Kier alpha value is -1.70. The van der Waals surface area contributed by atoms with Gasteiger partial charge in [-0.2, -0.15) is 5.26 Å². The fraction of sp³-hybridized carbons (Fsp3) is 0.300. The summed E-state index contributed by atoms with van der Waals surface area (Å²) in [5.41, 5.74) is -0.139. The molecule has 0 unspecified atom stereocenters. The molecule has 0 aliphatic rings. The summed E-state index contributed by atoms with van der Waals surface area (Å²) in [6.07, 6.45) is -4.76. The van der Waals surface area contributed by atoms with Crippen molar-refractivity contribution >= 4 is 0 Å². The number of nitrogens with zero attached hydrogens (tertiary/aromatic N) is 1. The van der Waals surface area contributed by atoms with Crippen molar-refractivity contribution in [3.63, 3.8) is 0 Å². The van der Waals surface area contributed by atoms with Gasteiger partial charge in [0.25, 0.3) is 0 Å². The van der Waals surface area contributed by atoms with Crippen molar-refractivity contribution < 1.29 is 17.9 Å². The van der Waals surface area contributed by atoms with Gasteiger partial charge in [-0.1, -0.05) is 26.0 Å². The minimum absolute atomic E-state index is 0.139. The molecule has 0 bridgehead atoms. The van der Waals surface area contributed by atoms with Gasteiger partial charge in [-0.25, -0.2) is 0 Å². The first-order chi connectivity index (χ1) is 7.03. The maximum Gasteiger partial charge on any atom is 0.573 e. The normalized spacial score (nSPS) is 9.60. The smallest absolute Gasteiger partial charge is 0.404 e. The van der Waals surface area contributed by atoms with Gasteiger partial charge in [-0.3, -0.25) is 0 Å². The van der Waals surface area contributed by atoms with Crippen LogP contribution in [0.3, 0.4) is 0 Å². The van der Waals surface area contributed by atoms with Gasteiger partial charge in [0.2, 0.25) is 0 Å². The Kier molecular flexibility index (Phi) is 5.24. The summed E-state index contributed by atoms with van der Waals surface area (Å²) in [7, 11) is 0. The highest BCUT2D eigenvalue weighted by molar-refractivity contribution is 5.42. The molecule has 0 saturated heterocycles. The van der Waals surface area contributed by atoms with E-state index < -0.39 is 12.1 Å². The molecule has 0 heterocycles. The number of hydrogen-bond acceptors (Lipinski definition) is 2. The quantitative estimate of drug-likeness (QED) is 0.721. The average molecular weight is 217 g/mol. The molecule has 0 atom stereocenters. The van der Waals surface area contributed by atoms with Gasteiger partial charge >= 0.3 is 6.36 Å². The molecular formula is C10H10F3NO. The summed E-state index contributed by atoms with van der Waals surface area (Å²) < 4.78 is 38.8. The minimum atomic E-state index is -4.76. The molecule has 1 aromatic carbocycles. The maximum atomic E-state index is 11.7. The molecule has 0 saturated carbocycles. The molecule has 1 rings (SSSR count). The zero-order valence-electron chi connectivity index (χ0n) is 8.30. The first-order valence-electron chi connectivity index (χ1n) is 4.28. The lowest BCUT2D eigenvalue weighted by atomic mass is 10.2. The van der Waals surface area contributed by atoms with E-state index in [1.807, 2.05) is 13.8 Å². The first-order valence-corrected chi connectivity index (χ1v) is 4.28. The zero-order valence-corrected chi connectivity index (χ0v) is 8.30. The molecule has 2 nitrogen and oxygen atoms in total. The highest BCUT2D eigenvalue weighted by Gasteiger charge is 2.31. The average Bonchev–Trinajstić information content (AvgIpc) is 2.19. The third kappa shape index (κ3) is 4.91. The predicted molar refractivity (Wildman–Crippen MR) is 49.2 cm³/mol. The first kappa shape index (κ1) is 13.3. The molecule has 5 heteroatoms. The van der Waals surface area contributed by atoms with E-state index in [4.69, 9.17) is 5.26 Å². The number of alkyl halides is 3. The lowest BCUT2D eigenvalue weighted by Crippen LogP contribution is -2.17. The van der Waals surface area contributed by atoms with E-state index in [0.717, 1.165) is 6.07 Å². The van der Waals surface area contributed by atoms with Crippen molar-refractivity contribution in [2.24, 2.45) is 0 Å². The molecule has 82 valence electrons. The van der Waals surface area contributed by atoms with Gasteiger partial charge in [-0.05, 0) is 12.1 Å². The summed E-state index contributed by atoms with van der Waals surface area (Å²) in [6.45, 7) is 4.00. The molecule has 0 radical (unpaired) electrons. The van der Waals surface area contributed by atoms with Crippen LogP contribution >= 0.6 is 0 Å². The number of nitriles is 1. The van der Waals surface area contributed by atoms with Crippen molar-refractivity contribution in [1.82, 2.24) is 0 Å². The molecule has 0 aliphatic heterocycles. The van der Waals surface area contributed by atoms with Gasteiger partial charge in [0.05, 0.1) is 5.56 Å². The van der Waals surface area contributed by atoms with E-state index in [9.17, 15) is 13.2 Å². The van der Waals surface area contributed by atoms with E-state index in [0.29, 0.717) is 0 Å². The van der Waals surface area contributed by atoms with Gasteiger partial charge in [0, 0.05) is 0 Å². The van der Waals surface area contributed by atoms with Crippen molar-refractivity contribution in [2.75, 3.05) is 0 Å². The van der Waals surface area contributed by atoms with E-state index in [2.05, 4.69) is 4.74 Å². The van der Waals surface area contributed by atoms with Crippen LogP contribution in [0.1, 0.15) is 19.4 Å². The standard InChI is InChI=1S/C8H4F3NO.C2H6/c9-8(10,11)13-7-4-2-1-3-6(7)5-12;1-2/h1-4H;1-2H3. The van der Waals surface area contributed by atoms with Crippen LogP contribution in [-0.2, 0) is 0 Å². The molecule has 0 amide bonds. The third-order valence-electron chi connectivity index (χ3n) is 1.23. The topological polar surface area (TPSA) is 33.0 Å². The fourth-order valence-corrected chi connectivity index (χ4v) is 0.773. The lowest BCUT2D eigenvalue weighted by Gasteiger charge is -2.09. The number of ether oxygens (including phenoxy) is 1. The minimum Gasteiger partial charge on any atom is -0.404 e. The predicted octanol–water partition coefficient (Wildman–Crippen LogP) is 3.48. The number of hydrogen-bond donors (Lipinski definition) is 0. The second kappa shape index (κ2) is 5.91. The maximum absolute atomic E-state index is 11.7. The molecule has 0 spiro atoms. The zero-order chi connectivity index (χ0) is 11.9. The largest absolute Gasteiger partial charge is 0.573 e. The fourth-order valence-electron chi connectivity index (χ4n) is 0.773. The number of benzene rings is 1. The Balaban J connectivity index is 0.000000921. The van der Waals surface area contributed by atoms with Crippen molar-refractivity contribution in [2.45, 2.75) is 20.2 Å². The van der Waals surface area contributed by atoms with Gasteiger partial charge in [0.15, 0.2) is 0 Å². The van der Waals surface area contributed by atoms with Gasteiger partial charge in [0.1, 0.15) is 11.8 Å². The summed E-state index contributed by atoms with van der Waals surface area (Å²) in [6, 6.07) is 6.76. The molecule has 0 aromatic heterocycles. The van der Waals surface area contributed by atoms with Gasteiger partial charge in [-0.15, -0.1) is 13.2 Å². The molecule has 15 heavy (non-hydrogen) atoms. The Morgan fingerprint density at radius 1 is 1.20 bits per heavy atom. The van der Waals surface area contributed by atoms with Crippen LogP contribution in [-0.4, -0.2) is 6.36 Å². The highest BCUT2D eigenvalue weighted by Crippen LogP contribution is 2.25. The summed E-state index contributed by atoms with van der Waals surface area (Å²) >= 11 is 0. The highest BCUT2D eigenvalue weighted by atomic mass is 19.4. The number of halogens is 3. The Labute approximate surface area is 85.9 Å². The molecule has 1 aromatic rings. The van der Waals surface area contributed by atoms with E-state index in [1.54, 1.807) is 6.07 Å². The molecule has 0 aliphatic carbocycles. The van der Waals surface area contributed by atoms with Crippen molar-refractivity contribution in [3.8, 4) is 11.8 Å². The summed E-state index contributed by atoms with van der Waals surface area (Å²) in [5.74, 6) is -0.475. The Morgan fingerprint density at radius 3 is 2.20 bits per heavy atom. The second-order valence-electron chi connectivity index (χ2n) is 2.16. The molecular weight excluding hydrogens is 207 g/mol. The van der Waals surface area contributed by atoms with E-state index in [1.165, 1.54) is 18.2 Å². The lowest BCUT2D eigenvalue weighted by molar-refractivity contribution is -0.274. The third-order valence-corrected chi connectivity index (χ3v) is 1.23. The van der Waals surface area contributed by atoms with Crippen LogP contribution in [0, 0.1) is 11.3 Å². The van der Waals surface area contributed by atoms with Crippen LogP contribution in [0.15, 0.2) is 24.3 Å². The van der Waals surface area contributed by atoms with Crippen LogP contribution in [0.4, 0.5) is 13.2 Å². The molecule has 0 fully saturated rings. The van der Waals surface area contributed by atoms with Crippen LogP contribution in [0.5, 0.6) is 5.75 Å². The Morgan fingerprint density at radius 2 is 1.73 bits per heavy atom. The SMILES string of the molecule is CC.N#Cc1ccccc1OC(F)(F)F. The van der Waals surface area contributed by atoms with Crippen LogP contribution < -0.4 is 4.74 Å². The second-order valence-corrected chi connectivity index (χ2v) is 2.16.